The molecule has 0 unspecified atom stereocenters. The average molecular weight is 503 g/mol. The van der Waals surface area contributed by atoms with Crippen molar-refractivity contribution in [3.8, 4) is 17.2 Å². The Hall–Kier alpha value is -3.75. The Bertz CT molecular complexity index is 1200. The summed E-state index contributed by atoms with van der Waals surface area (Å²) >= 11 is 11.8. The van der Waals surface area contributed by atoms with Gasteiger partial charge in [0.25, 0.3) is 5.91 Å². The van der Waals surface area contributed by atoms with Crippen molar-refractivity contribution in [2.75, 3.05) is 13.7 Å². The largest absolute Gasteiger partial charge is 0.493 e. The van der Waals surface area contributed by atoms with Gasteiger partial charge >= 0.3 is 5.97 Å². The number of halogens is 2. The van der Waals surface area contributed by atoms with Gasteiger partial charge in [-0.05, 0) is 59.7 Å². The molecule has 0 radical (unpaired) electrons. The van der Waals surface area contributed by atoms with Crippen LogP contribution in [0, 0.1) is 0 Å². The molecule has 10 heteroatoms. The molecule has 0 heterocycles. The summed E-state index contributed by atoms with van der Waals surface area (Å²) in [5.74, 6) is -0.148. The Balaban J connectivity index is 1.52. The van der Waals surface area contributed by atoms with Crippen LogP contribution in [0.3, 0.4) is 0 Å². The van der Waals surface area contributed by atoms with Gasteiger partial charge in [0.1, 0.15) is 12.4 Å². The Labute approximate surface area is 205 Å². The van der Waals surface area contributed by atoms with E-state index in [0.717, 1.165) is 5.56 Å². The molecule has 0 aliphatic heterocycles. The highest BCUT2D eigenvalue weighted by molar-refractivity contribution is 6.35. The standard InChI is InChI=1S/C24H20Cl2N2O6/c1-32-22-10-16(4-8-21(22)33-13-15-2-5-17(6-3-15)24(30)31)12-27-28-23(29)14-34-20-9-7-18(25)11-19(20)26/h2-12H,13-14H2,1H3,(H,28,29)(H,30,31)/b27-12+. The molecule has 0 fully saturated rings. The normalized spacial score (nSPS) is 10.7. The number of carboxylic acid groups (broad SMARTS) is 1. The first-order valence-electron chi connectivity index (χ1n) is 9.88. The lowest BCUT2D eigenvalue weighted by Crippen LogP contribution is -2.24. The van der Waals surface area contributed by atoms with Gasteiger partial charge in [-0.15, -0.1) is 0 Å². The quantitative estimate of drug-likeness (QED) is 0.304. The topological polar surface area (TPSA) is 106 Å². The van der Waals surface area contributed by atoms with Gasteiger partial charge < -0.3 is 19.3 Å². The highest BCUT2D eigenvalue weighted by atomic mass is 35.5. The molecule has 3 rings (SSSR count). The fraction of sp³-hybridized carbons (Fsp3) is 0.125. The number of aromatic carboxylic acids is 1. The number of rotatable bonds is 10. The Morgan fingerprint density at radius 3 is 2.38 bits per heavy atom. The highest BCUT2D eigenvalue weighted by Crippen LogP contribution is 2.29. The van der Waals surface area contributed by atoms with Gasteiger partial charge in [-0.3, -0.25) is 4.79 Å². The molecule has 3 aromatic rings. The molecule has 1 amide bonds. The van der Waals surface area contributed by atoms with Crippen LogP contribution in [0.25, 0.3) is 0 Å². The molecule has 3 aromatic carbocycles. The number of hydrazone groups is 1. The molecule has 0 aliphatic carbocycles. The van der Waals surface area contributed by atoms with Gasteiger partial charge in [0.2, 0.25) is 0 Å². The second-order valence-corrected chi connectivity index (χ2v) is 7.70. The minimum Gasteiger partial charge on any atom is -0.493 e. The molecule has 0 aliphatic rings. The second-order valence-electron chi connectivity index (χ2n) is 6.86. The maximum absolute atomic E-state index is 11.9. The fourth-order valence-corrected chi connectivity index (χ4v) is 3.20. The van der Waals surface area contributed by atoms with Crippen LogP contribution in [0.5, 0.6) is 17.2 Å². The van der Waals surface area contributed by atoms with Crippen molar-refractivity contribution in [3.63, 3.8) is 0 Å². The van der Waals surface area contributed by atoms with Crippen LogP contribution < -0.4 is 19.6 Å². The van der Waals surface area contributed by atoms with Crippen molar-refractivity contribution in [3.05, 3.63) is 87.4 Å². The van der Waals surface area contributed by atoms with Crippen molar-refractivity contribution in [2.24, 2.45) is 5.10 Å². The highest BCUT2D eigenvalue weighted by Gasteiger charge is 2.08. The third kappa shape index (κ3) is 7.13. The summed E-state index contributed by atoms with van der Waals surface area (Å²) in [4.78, 5) is 22.9. The Morgan fingerprint density at radius 1 is 0.971 bits per heavy atom. The van der Waals surface area contributed by atoms with Gasteiger partial charge in [-0.25, -0.2) is 10.2 Å². The molecule has 2 N–H and O–H groups in total. The van der Waals surface area contributed by atoms with Gasteiger partial charge in [-0.1, -0.05) is 35.3 Å². The summed E-state index contributed by atoms with van der Waals surface area (Å²) in [5, 5.41) is 13.6. The number of amides is 1. The molecule has 34 heavy (non-hydrogen) atoms. The van der Waals surface area contributed by atoms with E-state index in [4.69, 9.17) is 42.5 Å². The number of carbonyl (C=O) groups is 2. The lowest BCUT2D eigenvalue weighted by Gasteiger charge is -2.11. The van der Waals surface area contributed by atoms with Crippen molar-refractivity contribution < 1.29 is 28.9 Å². The minimum absolute atomic E-state index is 0.206. The molecular weight excluding hydrogens is 483 g/mol. The van der Waals surface area contributed by atoms with Gasteiger partial charge in [0, 0.05) is 5.02 Å². The smallest absolute Gasteiger partial charge is 0.335 e. The number of carboxylic acids is 1. The summed E-state index contributed by atoms with van der Waals surface area (Å²) in [6.45, 7) is -0.0420. The van der Waals surface area contributed by atoms with Gasteiger partial charge in [-0.2, -0.15) is 5.10 Å². The van der Waals surface area contributed by atoms with Crippen molar-refractivity contribution >= 4 is 41.3 Å². The zero-order valence-corrected chi connectivity index (χ0v) is 19.5. The summed E-state index contributed by atoms with van der Waals surface area (Å²) in [6, 6.07) is 16.2. The molecule has 8 nitrogen and oxygen atoms in total. The predicted molar refractivity (Wildman–Crippen MR) is 128 cm³/mol. The van der Waals surface area contributed by atoms with Crippen molar-refractivity contribution in [2.45, 2.75) is 6.61 Å². The molecule has 176 valence electrons. The Morgan fingerprint density at radius 2 is 1.71 bits per heavy atom. The average Bonchev–Trinajstić information content (AvgIpc) is 2.82. The number of methoxy groups -OCH3 is 1. The number of ether oxygens (including phenoxy) is 3. The summed E-state index contributed by atoms with van der Waals surface area (Å²) in [7, 11) is 1.51. The maximum atomic E-state index is 11.9. The summed E-state index contributed by atoms with van der Waals surface area (Å²) in [5.41, 5.74) is 4.04. The lowest BCUT2D eigenvalue weighted by atomic mass is 10.1. The van der Waals surface area contributed by atoms with Crippen LogP contribution in [0.15, 0.2) is 65.8 Å². The van der Waals surface area contributed by atoms with Crippen LogP contribution >= 0.6 is 23.2 Å². The zero-order chi connectivity index (χ0) is 24.5. The lowest BCUT2D eigenvalue weighted by molar-refractivity contribution is -0.123. The molecule has 0 saturated heterocycles. The second kappa shape index (κ2) is 11.9. The monoisotopic (exact) mass is 502 g/mol. The zero-order valence-electron chi connectivity index (χ0n) is 18.0. The van der Waals surface area contributed by atoms with Crippen molar-refractivity contribution in [1.82, 2.24) is 5.43 Å². The van der Waals surface area contributed by atoms with Crippen LogP contribution in [-0.4, -0.2) is 36.9 Å². The van der Waals surface area contributed by atoms with Crippen LogP contribution in [0.1, 0.15) is 21.5 Å². The molecule has 0 bridgehead atoms. The first kappa shape index (κ1) is 24.9. The van der Waals surface area contributed by atoms with Crippen molar-refractivity contribution in [1.29, 1.82) is 0 Å². The third-order valence-corrected chi connectivity index (χ3v) is 4.97. The Kier molecular flexibility index (Phi) is 8.73. The van der Waals surface area contributed by atoms with E-state index < -0.39 is 11.9 Å². The number of nitrogens with zero attached hydrogens (tertiary/aromatic N) is 1. The third-order valence-electron chi connectivity index (χ3n) is 4.44. The molecule has 0 atom stereocenters. The van der Waals surface area contributed by atoms with E-state index in [-0.39, 0.29) is 18.8 Å². The fourth-order valence-electron chi connectivity index (χ4n) is 2.73. The minimum atomic E-state index is -0.985. The van der Waals surface area contributed by atoms with Crippen LogP contribution in [0.4, 0.5) is 0 Å². The number of nitrogens with one attached hydrogen (secondary N) is 1. The maximum Gasteiger partial charge on any atom is 0.335 e. The first-order valence-corrected chi connectivity index (χ1v) is 10.6. The van der Waals surface area contributed by atoms with E-state index in [0.29, 0.717) is 32.9 Å². The SMILES string of the molecule is COc1cc(/C=N/NC(=O)COc2ccc(Cl)cc2Cl)ccc1OCc1ccc(C(=O)O)cc1. The van der Waals surface area contributed by atoms with Crippen LogP contribution in [-0.2, 0) is 11.4 Å². The number of hydrogen-bond donors (Lipinski definition) is 2. The van der Waals surface area contributed by atoms with E-state index in [1.165, 1.54) is 31.5 Å². The predicted octanol–water partition coefficient (Wildman–Crippen LogP) is 4.81. The van der Waals surface area contributed by atoms with E-state index in [1.807, 2.05) is 0 Å². The van der Waals surface area contributed by atoms with E-state index in [2.05, 4.69) is 10.5 Å². The van der Waals surface area contributed by atoms with E-state index >= 15 is 0 Å². The number of carbonyl (C=O) groups excluding carboxylic acids is 1. The van der Waals surface area contributed by atoms with E-state index in [1.54, 1.807) is 42.5 Å². The summed E-state index contributed by atoms with van der Waals surface area (Å²) < 4.78 is 16.5. The summed E-state index contributed by atoms with van der Waals surface area (Å²) in [6.07, 6.45) is 1.45. The molecule has 0 saturated carbocycles. The first-order chi connectivity index (χ1) is 16.4. The van der Waals surface area contributed by atoms with Gasteiger partial charge in [0.15, 0.2) is 18.1 Å². The molecule has 0 spiro atoms. The molecule has 0 aromatic heterocycles. The van der Waals surface area contributed by atoms with Gasteiger partial charge in [0.05, 0.1) is 23.9 Å². The number of benzene rings is 3. The van der Waals surface area contributed by atoms with E-state index in [9.17, 15) is 9.59 Å². The van der Waals surface area contributed by atoms with Crippen LogP contribution in [0.2, 0.25) is 10.0 Å². The molecular formula is C24H20Cl2N2O6. The number of hydrogen-bond acceptors (Lipinski definition) is 6.